The molecule has 1 aliphatic rings. The molecule has 1 amide bonds. The molecule has 1 aliphatic heterocycles. The van der Waals surface area contributed by atoms with E-state index in [4.69, 9.17) is 0 Å². The first-order chi connectivity index (χ1) is 13.3. The Morgan fingerprint density at radius 2 is 2.21 bits per heavy atom. The Balaban J connectivity index is 1.91. The van der Waals surface area contributed by atoms with Crippen LogP contribution in [0.3, 0.4) is 0 Å². The molecule has 28 heavy (non-hydrogen) atoms. The second kappa shape index (κ2) is 8.41. The zero-order valence-corrected chi connectivity index (χ0v) is 17.2. The van der Waals surface area contributed by atoms with Crippen molar-refractivity contribution in [1.29, 1.82) is 0 Å². The predicted molar refractivity (Wildman–Crippen MR) is 108 cm³/mol. The number of hydrogen-bond acceptors (Lipinski definition) is 5. The van der Waals surface area contributed by atoms with Crippen molar-refractivity contribution in [2.75, 3.05) is 19.7 Å². The van der Waals surface area contributed by atoms with E-state index in [2.05, 4.69) is 38.6 Å². The lowest BCUT2D eigenvalue weighted by Gasteiger charge is -2.36. The average Bonchev–Trinajstić information content (AvgIpc) is 3.11. The van der Waals surface area contributed by atoms with Gasteiger partial charge in [0.2, 0.25) is 5.91 Å². The Bertz CT molecular complexity index is 800. The number of pyridine rings is 1. The van der Waals surface area contributed by atoms with Gasteiger partial charge in [-0.15, -0.1) is 0 Å². The molecule has 7 nitrogen and oxygen atoms in total. The van der Waals surface area contributed by atoms with E-state index in [1.165, 1.54) is 0 Å². The van der Waals surface area contributed by atoms with Crippen LogP contribution in [0, 0.1) is 5.41 Å². The highest BCUT2D eigenvalue weighted by atomic mass is 16.3. The maximum Gasteiger partial charge on any atom is 0.243 e. The summed E-state index contributed by atoms with van der Waals surface area (Å²) in [5.41, 5.74) is 2.69. The maximum absolute atomic E-state index is 13.3. The van der Waals surface area contributed by atoms with E-state index in [9.17, 15) is 9.90 Å². The van der Waals surface area contributed by atoms with Crippen molar-refractivity contribution >= 4 is 5.91 Å². The van der Waals surface area contributed by atoms with E-state index in [1.54, 1.807) is 6.20 Å². The standard InChI is InChI=1S/C21H31N5O2/c1-15(2)26-14-24-17-7-9-25(11-16-6-5-8-22-10-16)19(18(17)26)20(28)23-12-21(3,4)13-27/h5-6,8,10,14-15,19,27H,7,9,11-13H2,1-4H3,(H,23,28). The quantitative estimate of drug-likeness (QED) is 0.763. The Labute approximate surface area is 166 Å². The van der Waals surface area contributed by atoms with Crippen molar-refractivity contribution in [3.05, 3.63) is 47.8 Å². The van der Waals surface area contributed by atoms with Gasteiger partial charge in [0.05, 0.1) is 17.7 Å². The van der Waals surface area contributed by atoms with Gasteiger partial charge in [0.1, 0.15) is 6.04 Å². The minimum atomic E-state index is -0.414. The van der Waals surface area contributed by atoms with Gasteiger partial charge in [-0.1, -0.05) is 19.9 Å². The van der Waals surface area contributed by atoms with Gasteiger partial charge in [-0.05, 0) is 25.5 Å². The van der Waals surface area contributed by atoms with Crippen LogP contribution < -0.4 is 5.32 Å². The van der Waals surface area contributed by atoms with Gasteiger partial charge in [-0.3, -0.25) is 14.7 Å². The van der Waals surface area contributed by atoms with E-state index in [1.807, 2.05) is 38.5 Å². The highest BCUT2D eigenvalue weighted by molar-refractivity contribution is 5.83. The summed E-state index contributed by atoms with van der Waals surface area (Å²) in [6.07, 6.45) is 6.27. The highest BCUT2D eigenvalue weighted by Crippen LogP contribution is 2.32. The van der Waals surface area contributed by atoms with E-state index >= 15 is 0 Å². The van der Waals surface area contributed by atoms with E-state index in [0.29, 0.717) is 13.1 Å². The SMILES string of the molecule is CC(C)n1cnc2c1C(C(=O)NCC(C)(C)CO)N(Cc1cccnc1)CC2. The van der Waals surface area contributed by atoms with Crippen molar-refractivity contribution in [2.24, 2.45) is 5.41 Å². The molecule has 0 spiro atoms. The fourth-order valence-electron chi connectivity index (χ4n) is 3.53. The summed E-state index contributed by atoms with van der Waals surface area (Å²) < 4.78 is 2.10. The first-order valence-electron chi connectivity index (χ1n) is 9.89. The van der Waals surface area contributed by atoms with E-state index in [-0.39, 0.29) is 24.0 Å². The zero-order chi connectivity index (χ0) is 20.3. The first-order valence-corrected chi connectivity index (χ1v) is 9.89. The van der Waals surface area contributed by atoms with Crippen LogP contribution in [0.15, 0.2) is 30.9 Å². The van der Waals surface area contributed by atoms with Gasteiger partial charge < -0.3 is 15.0 Å². The Hall–Kier alpha value is -2.25. The molecule has 7 heteroatoms. The molecular formula is C21H31N5O2. The lowest BCUT2D eigenvalue weighted by Crippen LogP contribution is -2.47. The van der Waals surface area contributed by atoms with Gasteiger partial charge in [0.25, 0.3) is 0 Å². The zero-order valence-electron chi connectivity index (χ0n) is 17.2. The smallest absolute Gasteiger partial charge is 0.243 e. The number of carbonyl (C=O) groups excluding carboxylic acids is 1. The number of aliphatic hydroxyl groups is 1. The molecule has 0 fully saturated rings. The fourth-order valence-corrected chi connectivity index (χ4v) is 3.53. The number of aromatic nitrogens is 3. The van der Waals surface area contributed by atoms with Crippen molar-refractivity contribution in [3.8, 4) is 0 Å². The fraction of sp³-hybridized carbons (Fsp3) is 0.571. The van der Waals surface area contributed by atoms with Crippen LogP contribution in [0.5, 0.6) is 0 Å². The van der Waals surface area contributed by atoms with Crippen molar-refractivity contribution in [3.63, 3.8) is 0 Å². The average molecular weight is 386 g/mol. The summed E-state index contributed by atoms with van der Waals surface area (Å²) in [6.45, 7) is 9.93. The van der Waals surface area contributed by atoms with Crippen LogP contribution in [0.2, 0.25) is 0 Å². The summed E-state index contributed by atoms with van der Waals surface area (Å²) >= 11 is 0. The topological polar surface area (TPSA) is 83.3 Å². The van der Waals surface area contributed by atoms with Gasteiger partial charge in [-0.2, -0.15) is 0 Å². The van der Waals surface area contributed by atoms with Crippen LogP contribution in [-0.4, -0.2) is 50.1 Å². The minimum Gasteiger partial charge on any atom is -0.396 e. The molecule has 2 aromatic rings. The van der Waals surface area contributed by atoms with Crippen molar-refractivity contribution in [1.82, 2.24) is 24.8 Å². The van der Waals surface area contributed by atoms with Crippen LogP contribution in [-0.2, 0) is 17.8 Å². The maximum atomic E-state index is 13.3. The number of rotatable bonds is 7. The van der Waals surface area contributed by atoms with Gasteiger partial charge >= 0.3 is 0 Å². The van der Waals surface area contributed by atoms with Crippen molar-refractivity contribution < 1.29 is 9.90 Å². The number of hydrogen-bond donors (Lipinski definition) is 2. The molecule has 0 bridgehead atoms. The first kappa shape index (κ1) is 20.5. The van der Waals surface area contributed by atoms with Crippen LogP contribution in [0.1, 0.15) is 56.7 Å². The summed E-state index contributed by atoms with van der Waals surface area (Å²) in [5.74, 6) is -0.0474. The monoisotopic (exact) mass is 385 g/mol. The molecular weight excluding hydrogens is 354 g/mol. The largest absolute Gasteiger partial charge is 0.396 e. The number of nitrogens with one attached hydrogen (secondary N) is 1. The number of nitrogens with zero attached hydrogens (tertiary/aromatic N) is 4. The van der Waals surface area contributed by atoms with Crippen LogP contribution in [0.4, 0.5) is 0 Å². The number of amides is 1. The highest BCUT2D eigenvalue weighted by Gasteiger charge is 2.37. The molecule has 2 N–H and O–H groups in total. The molecule has 3 heterocycles. The van der Waals surface area contributed by atoms with Crippen LogP contribution in [0.25, 0.3) is 0 Å². The summed E-state index contributed by atoms with van der Waals surface area (Å²) in [7, 11) is 0. The second-order valence-electron chi connectivity index (χ2n) is 8.60. The number of carbonyl (C=O) groups is 1. The molecule has 2 aromatic heterocycles. The Morgan fingerprint density at radius 3 is 2.86 bits per heavy atom. The minimum absolute atomic E-state index is 0.0204. The predicted octanol–water partition coefficient (Wildman–Crippen LogP) is 2.09. The summed E-state index contributed by atoms with van der Waals surface area (Å²) in [6, 6.07) is 3.76. The van der Waals surface area contributed by atoms with E-state index < -0.39 is 6.04 Å². The molecule has 0 saturated carbocycles. The summed E-state index contributed by atoms with van der Waals surface area (Å²) in [4.78, 5) is 24.3. The molecule has 152 valence electrons. The third kappa shape index (κ3) is 4.42. The lowest BCUT2D eigenvalue weighted by atomic mass is 9.94. The number of fused-ring (bicyclic) bond motifs is 1. The van der Waals surface area contributed by atoms with E-state index in [0.717, 1.165) is 29.9 Å². The van der Waals surface area contributed by atoms with Crippen molar-refractivity contribution in [2.45, 2.75) is 52.7 Å². The molecule has 0 aliphatic carbocycles. The lowest BCUT2D eigenvalue weighted by molar-refractivity contribution is -0.128. The second-order valence-corrected chi connectivity index (χ2v) is 8.60. The Kier molecular flexibility index (Phi) is 6.15. The molecule has 0 radical (unpaired) electrons. The summed E-state index contributed by atoms with van der Waals surface area (Å²) in [5, 5.41) is 12.6. The van der Waals surface area contributed by atoms with Gasteiger partial charge in [0.15, 0.2) is 0 Å². The number of aliphatic hydroxyl groups excluding tert-OH is 1. The van der Waals surface area contributed by atoms with Gasteiger partial charge in [-0.25, -0.2) is 4.98 Å². The number of imidazole rings is 1. The third-order valence-electron chi connectivity index (χ3n) is 5.25. The molecule has 0 aromatic carbocycles. The normalized spacial score (nSPS) is 17.6. The molecule has 0 saturated heterocycles. The molecule has 1 atom stereocenters. The molecule has 3 rings (SSSR count). The van der Waals surface area contributed by atoms with Gasteiger partial charge in [0, 0.05) is 56.5 Å². The van der Waals surface area contributed by atoms with Crippen LogP contribution >= 0.6 is 0 Å². The Morgan fingerprint density at radius 1 is 1.43 bits per heavy atom. The third-order valence-corrected chi connectivity index (χ3v) is 5.25. The molecule has 1 unspecified atom stereocenters.